The molecule has 0 bridgehead atoms. The van der Waals surface area contributed by atoms with Crippen LogP contribution in [0.3, 0.4) is 0 Å². The highest BCUT2D eigenvalue weighted by Gasteiger charge is 2.17. The molecular weight excluding hydrogens is 364 g/mol. The molecule has 140 valence electrons. The van der Waals surface area contributed by atoms with Gasteiger partial charge in [0.15, 0.2) is 0 Å². The van der Waals surface area contributed by atoms with Crippen LogP contribution in [-0.4, -0.2) is 34.9 Å². The molecule has 0 amide bonds. The van der Waals surface area contributed by atoms with Crippen molar-refractivity contribution in [3.63, 3.8) is 0 Å². The fraction of sp³-hybridized carbons (Fsp3) is 0.0952. The summed E-state index contributed by atoms with van der Waals surface area (Å²) in [4.78, 5) is 11.8. The van der Waals surface area contributed by atoms with Crippen LogP contribution in [0.25, 0.3) is 33.4 Å². The first-order chi connectivity index (χ1) is 14.3. The summed E-state index contributed by atoms with van der Waals surface area (Å²) >= 11 is 0. The normalized spacial score (nSPS) is 12.1. The summed E-state index contributed by atoms with van der Waals surface area (Å²) in [6, 6.07) is 12.1. The van der Waals surface area contributed by atoms with Gasteiger partial charge in [-0.25, -0.2) is 9.97 Å². The SMILES string of the molecule is N#CCC(c1cccc(-c2cn[nH]c2)c1)n1cc(-c2ncnc3[nH]ccc23)cn1. The molecule has 1 atom stereocenters. The molecule has 1 unspecified atom stereocenters. The van der Waals surface area contributed by atoms with Crippen LogP contribution >= 0.6 is 0 Å². The van der Waals surface area contributed by atoms with Crippen molar-refractivity contribution in [2.24, 2.45) is 0 Å². The van der Waals surface area contributed by atoms with E-state index >= 15 is 0 Å². The maximum absolute atomic E-state index is 9.42. The van der Waals surface area contributed by atoms with Crippen molar-refractivity contribution in [2.75, 3.05) is 0 Å². The number of rotatable bonds is 5. The summed E-state index contributed by atoms with van der Waals surface area (Å²) in [6.07, 6.45) is 11.0. The molecule has 4 heterocycles. The first-order valence-electron chi connectivity index (χ1n) is 9.12. The molecule has 0 fully saturated rings. The van der Waals surface area contributed by atoms with E-state index in [0.29, 0.717) is 6.42 Å². The minimum absolute atomic E-state index is 0.204. The third kappa shape index (κ3) is 3.04. The second kappa shape index (κ2) is 7.05. The van der Waals surface area contributed by atoms with Gasteiger partial charge in [0.2, 0.25) is 0 Å². The van der Waals surface area contributed by atoms with Gasteiger partial charge in [0.25, 0.3) is 0 Å². The van der Waals surface area contributed by atoms with Crippen molar-refractivity contribution in [3.8, 4) is 28.5 Å². The molecule has 0 aliphatic carbocycles. The van der Waals surface area contributed by atoms with Gasteiger partial charge in [-0.3, -0.25) is 9.78 Å². The molecule has 0 aliphatic rings. The highest BCUT2D eigenvalue weighted by atomic mass is 15.3. The Bertz CT molecular complexity index is 1310. The van der Waals surface area contributed by atoms with Gasteiger partial charge in [-0.15, -0.1) is 0 Å². The van der Waals surface area contributed by atoms with Crippen LogP contribution in [0.15, 0.2) is 67.6 Å². The molecule has 5 rings (SSSR count). The van der Waals surface area contributed by atoms with E-state index in [2.05, 4.69) is 42.4 Å². The Morgan fingerprint density at radius 3 is 2.93 bits per heavy atom. The Labute approximate surface area is 165 Å². The third-order valence-corrected chi connectivity index (χ3v) is 4.94. The van der Waals surface area contributed by atoms with E-state index in [9.17, 15) is 5.26 Å². The number of H-pyrrole nitrogens is 2. The zero-order valence-corrected chi connectivity index (χ0v) is 15.3. The number of nitriles is 1. The smallest absolute Gasteiger partial charge is 0.141 e. The summed E-state index contributed by atoms with van der Waals surface area (Å²) in [5, 5.41) is 21.8. The van der Waals surface area contributed by atoms with Crippen LogP contribution in [0.2, 0.25) is 0 Å². The van der Waals surface area contributed by atoms with Crippen molar-refractivity contribution in [1.82, 2.24) is 34.9 Å². The summed E-state index contributed by atoms with van der Waals surface area (Å²) in [5.41, 5.74) is 5.52. The van der Waals surface area contributed by atoms with E-state index in [0.717, 1.165) is 39.0 Å². The van der Waals surface area contributed by atoms with Gasteiger partial charge in [-0.05, 0) is 23.3 Å². The fourth-order valence-corrected chi connectivity index (χ4v) is 3.52. The average molecular weight is 380 g/mol. The van der Waals surface area contributed by atoms with Crippen molar-refractivity contribution in [2.45, 2.75) is 12.5 Å². The lowest BCUT2D eigenvalue weighted by atomic mass is 9.99. The maximum atomic E-state index is 9.42. The van der Waals surface area contributed by atoms with Gasteiger partial charge in [0, 0.05) is 35.1 Å². The molecule has 0 aliphatic heterocycles. The van der Waals surface area contributed by atoms with Crippen LogP contribution < -0.4 is 0 Å². The second-order valence-corrected chi connectivity index (χ2v) is 6.66. The number of aromatic nitrogens is 7. The van der Waals surface area contributed by atoms with E-state index < -0.39 is 0 Å². The van der Waals surface area contributed by atoms with Gasteiger partial charge in [-0.2, -0.15) is 15.5 Å². The molecule has 0 saturated heterocycles. The predicted molar refractivity (Wildman–Crippen MR) is 108 cm³/mol. The monoisotopic (exact) mass is 380 g/mol. The lowest BCUT2D eigenvalue weighted by molar-refractivity contribution is 0.532. The van der Waals surface area contributed by atoms with Crippen LogP contribution in [0.5, 0.6) is 0 Å². The number of benzene rings is 1. The number of nitrogens with one attached hydrogen (secondary N) is 2. The van der Waals surface area contributed by atoms with Gasteiger partial charge in [-0.1, -0.05) is 18.2 Å². The molecule has 0 radical (unpaired) electrons. The minimum Gasteiger partial charge on any atom is -0.346 e. The Balaban J connectivity index is 1.54. The zero-order valence-electron chi connectivity index (χ0n) is 15.3. The summed E-state index contributed by atoms with van der Waals surface area (Å²) < 4.78 is 1.83. The van der Waals surface area contributed by atoms with Gasteiger partial charge < -0.3 is 4.98 Å². The Kier molecular flexibility index (Phi) is 4.11. The molecule has 5 aromatic rings. The molecular formula is C21H16N8. The topological polar surface area (TPSA) is 112 Å². The standard InChI is InChI=1S/C21H16N8/c22-6-4-19(15-3-1-2-14(8-15)16-9-26-27-10-16)29-12-17(11-28-29)20-18-5-7-23-21(18)25-13-24-20/h1-3,5,7-13,19H,4H2,(H,26,27)(H,23,24,25). The number of hydrogen-bond acceptors (Lipinski definition) is 5. The largest absolute Gasteiger partial charge is 0.346 e. The number of hydrogen-bond donors (Lipinski definition) is 2. The van der Waals surface area contributed by atoms with E-state index in [1.165, 1.54) is 6.33 Å². The van der Waals surface area contributed by atoms with Crippen LogP contribution in [-0.2, 0) is 0 Å². The van der Waals surface area contributed by atoms with Crippen LogP contribution in [0.4, 0.5) is 0 Å². The zero-order chi connectivity index (χ0) is 19.6. The first kappa shape index (κ1) is 16.9. The van der Waals surface area contributed by atoms with E-state index in [1.807, 2.05) is 47.5 Å². The number of fused-ring (bicyclic) bond motifs is 1. The Morgan fingerprint density at radius 1 is 1.10 bits per heavy atom. The predicted octanol–water partition coefficient (Wildman–Crippen LogP) is 3.71. The van der Waals surface area contributed by atoms with Crippen molar-refractivity contribution in [1.29, 1.82) is 5.26 Å². The molecule has 0 spiro atoms. The van der Waals surface area contributed by atoms with Gasteiger partial charge >= 0.3 is 0 Å². The number of nitrogens with zero attached hydrogens (tertiary/aromatic N) is 6. The molecule has 29 heavy (non-hydrogen) atoms. The summed E-state index contributed by atoms with van der Waals surface area (Å²) in [5.74, 6) is 0. The maximum Gasteiger partial charge on any atom is 0.141 e. The molecule has 8 heteroatoms. The highest BCUT2D eigenvalue weighted by molar-refractivity contribution is 5.90. The van der Waals surface area contributed by atoms with E-state index in [-0.39, 0.29) is 6.04 Å². The van der Waals surface area contributed by atoms with Gasteiger partial charge in [0.1, 0.15) is 12.0 Å². The Hall–Kier alpha value is -4.25. The lowest BCUT2D eigenvalue weighted by Gasteiger charge is -2.16. The molecule has 4 aromatic heterocycles. The summed E-state index contributed by atoms with van der Waals surface area (Å²) in [7, 11) is 0. The van der Waals surface area contributed by atoms with Crippen molar-refractivity contribution >= 4 is 11.0 Å². The molecule has 2 N–H and O–H groups in total. The van der Waals surface area contributed by atoms with E-state index in [1.54, 1.807) is 12.4 Å². The van der Waals surface area contributed by atoms with Crippen LogP contribution in [0, 0.1) is 11.3 Å². The third-order valence-electron chi connectivity index (χ3n) is 4.94. The van der Waals surface area contributed by atoms with E-state index in [4.69, 9.17) is 0 Å². The minimum atomic E-state index is -0.204. The fourth-order valence-electron chi connectivity index (χ4n) is 3.52. The summed E-state index contributed by atoms with van der Waals surface area (Å²) in [6.45, 7) is 0. The lowest BCUT2D eigenvalue weighted by Crippen LogP contribution is -2.10. The van der Waals surface area contributed by atoms with Crippen molar-refractivity contribution < 1.29 is 0 Å². The van der Waals surface area contributed by atoms with Crippen LogP contribution in [0.1, 0.15) is 18.0 Å². The molecule has 1 aromatic carbocycles. The first-order valence-corrected chi connectivity index (χ1v) is 9.12. The average Bonchev–Trinajstić information content (AvgIpc) is 3.53. The number of aromatic amines is 2. The molecule has 8 nitrogen and oxygen atoms in total. The quantitative estimate of drug-likeness (QED) is 0.483. The van der Waals surface area contributed by atoms with Gasteiger partial charge in [0.05, 0.1) is 36.6 Å². The molecule has 0 saturated carbocycles. The highest BCUT2D eigenvalue weighted by Crippen LogP contribution is 2.29. The van der Waals surface area contributed by atoms with Crippen molar-refractivity contribution in [3.05, 3.63) is 73.2 Å². The Morgan fingerprint density at radius 2 is 2.07 bits per heavy atom. The second-order valence-electron chi connectivity index (χ2n) is 6.66.